The summed E-state index contributed by atoms with van der Waals surface area (Å²) in [7, 11) is 1.89. The summed E-state index contributed by atoms with van der Waals surface area (Å²) in [6, 6.07) is 5.55. The molecule has 5 rings (SSSR count). The number of rotatable bonds is 6. The number of aliphatic hydroxyl groups is 1. The van der Waals surface area contributed by atoms with Crippen molar-refractivity contribution in [1.29, 1.82) is 0 Å². The fourth-order valence-electron chi connectivity index (χ4n) is 4.01. The normalized spacial score (nSPS) is 18.1. The lowest BCUT2D eigenvalue weighted by atomic mass is 9.98. The molecule has 4 heterocycles. The van der Waals surface area contributed by atoms with E-state index in [-0.39, 0.29) is 12.3 Å². The van der Waals surface area contributed by atoms with Gasteiger partial charge in [0, 0.05) is 54.4 Å². The number of alkyl halides is 1. The number of nitrogens with zero attached hydrogens (tertiary/aromatic N) is 5. The van der Waals surface area contributed by atoms with Gasteiger partial charge in [0.2, 0.25) is 5.91 Å². The standard InChI is InChI=1S/C25H25FN6O2/c1-4-21(33)20-7-13(2)17(12-28-20)15-8-14-11-29-22(31-25(34)16-9-18(16)26)10-19(14)30-23(15)24-27-5-6-32(24)3/h5-8,10-12,16,18,21,33H,4,9H2,1-3H3,(H,29,31,34)/t16-,18+,21-/m0/s1. The van der Waals surface area contributed by atoms with Crippen molar-refractivity contribution in [3.63, 3.8) is 0 Å². The Bertz CT molecular complexity index is 1400. The third-order valence-electron chi connectivity index (χ3n) is 6.18. The lowest BCUT2D eigenvalue weighted by Crippen LogP contribution is -2.15. The summed E-state index contributed by atoms with van der Waals surface area (Å²) in [4.78, 5) is 30.3. The van der Waals surface area contributed by atoms with Gasteiger partial charge in [-0.3, -0.25) is 9.78 Å². The molecule has 0 bridgehead atoms. The van der Waals surface area contributed by atoms with Crippen LogP contribution in [0.15, 0.2) is 43.0 Å². The molecule has 8 nitrogen and oxygen atoms in total. The van der Waals surface area contributed by atoms with Crippen LogP contribution in [-0.2, 0) is 11.8 Å². The number of nitrogens with one attached hydrogen (secondary N) is 1. The van der Waals surface area contributed by atoms with Crippen molar-refractivity contribution in [3.05, 3.63) is 54.2 Å². The summed E-state index contributed by atoms with van der Waals surface area (Å²) < 4.78 is 15.1. The first-order chi connectivity index (χ1) is 16.4. The molecule has 34 heavy (non-hydrogen) atoms. The van der Waals surface area contributed by atoms with Crippen LogP contribution in [0.1, 0.15) is 37.1 Å². The van der Waals surface area contributed by atoms with Gasteiger partial charge < -0.3 is 15.0 Å². The fraction of sp³-hybridized carbons (Fsp3) is 0.320. The maximum atomic E-state index is 13.2. The number of carbonyl (C=O) groups is 1. The highest BCUT2D eigenvalue weighted by Gasteiger charge is 2.43. The zero-order chi connectivity index (χ0) is 24.0. The minimum absolute atomic E-state index is 0.256. The predicted octanol–water partition coefficient (Wildman–Crippen LogP) is 4.14. The maximum absolute atomic E-state index is 13.2. The Balaban J connectivity index is 1.62. The van der Waals surface area contributed by atoms with E-state index in [2.05, 4.69) is 20.3 Å². The van der Waals surface area contributed by atoms with E-state index in [1.165, 1.54) is 0 Å². The highest BCUT2D eigenvalue weighted by atomic mass is 19.1. The number of hydrogen-bond donors (Lipinski definition) is 2. The molecule has 174 valence electrons. The summed E-state index contributed by atoms with van der Waals surface area (Å²) in [5.74, 6) is 0.0463. The third kappa shape index (κ3) is 4.03. The Morgan fingerprint density at radius 2 is 2.03 bits per heavy atom. The van der Waals surface area contributed by atoms with Gasteiger partial charge in [0.15, 0.2) is 5.82 Å². The number of hydrogen-bond acceptors (Lipinski definition) is 6. The van der Waals surface area contributed by atoms with Crippen molar-refractivity contribution in [2.24, 2.45) is 13.0 Å². The second-order valence-corrected chi connectivity index (χ2v) is 8.70. The quantitative estimate of drug-likeness (QED) is 0.448. The Labute approximate surface area is 195 Å². The topological polar surface area (TPSA) is 106 Å². The van der Waals surface area contributed by atoms with Crippen LogP contribution in [0.25, 0.3) is 33.5 Å². The first-order valence-electron chi connectivity index (χ1n) is 11.2. The highest BCUT2D eigenvalue weighted by Crippen LogP contribution is 2.36. The molecule has 0 unspecified atom stereocenters. The average molecular weight is 461 g/mol. The molecule has 0 radical (unpaired) electrons. The maximum Gasteiger partial charge on any atom is 0.231 e. The fourth-order valence-corrected chi connectivity index (χ4v) is 4.01. The van der Waals surface area contributed by atoms with Gasteiger partial charge in [0.1, 0.15) is 17.7 Å². The van der Waals surface area contributed by atoms with E-state index in [4.69, 9.17) is 4.98 Å². The monoisotopic (exact) mass is 460 g/mol. The SMILES string of the molecule is CC[C@H](O)c1cc(C)c(-c2cc3cnc(NC(=O)[C@H]4C[C@H]4F)cc3nc2-c2nccn2C)cn1. The van der Waals surface area contributed by atoms with Gasteiger partial charge in [-0.05, 0) is 37.5 Å². The minimum atomic E-state index is -1.07. The number of aryl methyl sites for hydroxylation is 2. The number of imidazole rings is 1. The molecule has 1 aliphatic carbocycles. The van der Waals surface area contributed by atoms with Gasteiger partial charge in [-0.2, -0.15) is 0 Å². The predicted molar refractivity (Wildman–Crippen MR) is 127 cm³/mol. The molecule has 1 amide bonds. The van der Waals surface area contributed by atoms with Gasteiger partial charge in [-0.15, -0.1) is 0 Å². The van der Waals surface area contributed by atoms with Gasteiger partial charge in [-0.25, -0.2) is 19.3 Å². The van der Waals surface area contributed by atoms with Crippen molar-refractivity contribution >= 4 is 22.6 Å². The molecule has 1 fully saturated rings. The molecular formula is C25H25FN6O2. The van der Waals surface area contributed by atoms with Gasteiger partial charge in [-0.1, -0.05) is 6.92 Å². The second-order valence-electron chi connectivity index (χ2n) is 8.70. The molecule has 0 aliphatic heterocycles. The molecule has 0 aromatic carbocycles. The summed E-state index contributed by atoms with van der Waals surface area (Å²) in [5.41, 5.74) is 4.58. The van der Waals surface area contributed by atoms with Crippen LogP contribution in [0.3, 0.4) is 0 Å². The zero-order valence-electron chi connectivity index (χ0n) is 19.2. The Kier molecular flexibility index (Phi) is 5.57. The van der Waals surface area contributed by atoms with Crippen LogP contribution in [0.2, 0.25) is 0 Å². The molecule has 2 N–H and O–H groups in total. The van der Waals surface area contributed by atoms with E-state index in [9.17, 15) is 14.3 Å². The average Bonchev–Trinajstić information content (AvgIpc) is 3.42. The number of carbonyl (C=O) groups excluding carboxylic acids is 1. The molecule has 3 atom stereocenters. The highest BCUT2D eigenvalue weighted by molar-refractivity contribution is 5.96. The number of fused-ring (bicyclic) bond motifs is 1. The van der Waals surface area contributed by atoms with Crippen LogP contribution in [0.5, 0.6) is 0 Å². The first-order valence-corrected chi connectivity index (χ1v) is 11.2. The number of aromatic nitrogens is 5. The summed E-state index contributed by atoms with van der Waals surface area (Å²) in [6.07, 6.45) is 6.10. The van der Waals surface area contributed by atoms with Gasteiger partial charge in [0.05, 0.1) is 23.2 Å². The Hall–Kier alpha value is -3.72. The summed E-state index contributed by atoms with van der Waals surface area (Å²) in [5, 5.41) is 13.7. The zero-order valence-corrected chi connectivity index (χ0v) is 19.2. The molecular weight excluding hydrogens is 435 g/mol. The van der Waals surface area contributed by atoms with Gasteiger partial charge >= 0.3 is 0 Å². The second kappa shape index (κ2) is 8.57. The van der Waals surface area contributed by atoms with Crippen LogP contribution < -0.4 is 5.32 Å². The number of anilines is 1. The van der Waals surface area contributed by atoms with Crippen LogP contribution in [-0.4, -0.2) is 41.7 Å². The lowest BCUT2D eigenvalue weighted by molar-refractivity contribution is -0.117. The van der Waals surface area contributed by atoms with Crippen LogP contribution in [0.4, 0.5) is 10.2 Å². The number of pyridine rings is 3. The molecule has 0 saturated heterocycles. The van der Waals surface area contributed by atoms with E-state index in [1.54, 1.807) is 24.7 Å². The minimum Gasteiger partial charge on any atom is -0.387 e. The lowest BCUT2D eigenvalue weighted by Gasteiger charge is -2.15. The number of aliphatic hydroxyl groups excluding tert-OH is 1. The molecule has 1 saturated carbocycles. The van der Waals surface area contributed by atoms with E-state index >= 15 is 0 Å². The van der Waals surface area contributed by atoms with Crippen molar-refractivity contribution in [2.45, 2.75) is 39.0 Å². The van der Waals surface area contributed by atoms with Crippen molar-refractivity contribution in [1.82, 2.24) is 24.5 Å². The molecule has 9 heteroatoms. The third-order valence-corrected chi connectivity index (χ3v) is 6.18. The largest absolute Gasteiger partial charge is 0.387 e. The van der Waals surface area contributed by atoms with E-state index in [1.807, 2.05) is 43.8 Å². The first kappa shape index (κ1) is 22.1. The molecule has 4 aromatic rings. The molecule has 1 aliphatic rings. The smallest absolute Gasteiger partial charge is 0.231 e. The van der Waals surface area contributed by atoms with E-state index in [0.717, 1.165) is 22.1 Å². The van der Waals surface area contributed by atoms with E-state index in [0.29, 0.717) is 35.0 Å². The van der Waals surface area contributed by atoms with Gasteiger partial charge in [0.25, 0.3) is 0 Å². The number of amides is 1. The number of halogens is 1. The summed E-state index contributed by atoms with van der Waals surface area (Å²) >= 11 is 0. The van der Waals surface area contributed by atoms with Crippen molar-refractivity contribution < 1.29 is 14.3 Å². The summed E-state index contributed by atoms with van der Waals surface area (Å²) in [6.45, 7) is 3.88. The van der Waals surface area contributed by atoms with Crippen LogP contribution in [0, 0.1) is 12.8 Å². The van der Waals surface area contributed by atoms with Crippen molar-refractivity contribution in [3.8, 4) is 22.6 Å². The van der Waals surface area contributed by atoms with E-state index < -0.39 is 18.2 Å². The molecule has 0 spiro atoms. The molecule has 4 aromatic heterocycles. The Morgan fingerprint density at radius 3 is 2.68 bits per heavy atom. The Morgan fingerprint density at radius 1 is 1.24 bits per heavy atom. The van der Waals surface area contributed by atoms with Crippen molar-refractivity contribution in [2.75, 3.05) is 5.32 Å². The van der Waals surface area contributed by atoms with Crippen LogP contribution >= 0.6 is 0 Å².